The van der Waals surface area contributed by atoms with Crippen molar-refractivity contribution in [2.45, 2.75) is 23.9 Å². The van der Waals surface area contributed by atoms with E-state index in [0.717, 1.165) is 0 Å². The summed E-state index contributed by atoms with van der Waals surface area (Å²) in [6.45, 7) is -0.778. The van der Waals surface area contributed by atoms with E-state index < -0.39 is 47.2 Å². The summed E-state index contributed by atoms with van der Waals surface area (Å²) in [5.41, 5.74) is -12.8. The zero-order chi connectivity index (χ0) is 19.2. The molecule has 1 aliphatic rings. The van der Waals surface area contributed by atoms with Crippen molar-refractivity contribution >= 4 is 26.0 Å². The second-order valence-electron chi connectivity index (χ2n) is 5.42. The molecule has 142 valence electrons. The summed E-state index contributed by atoms with van der Waals surface area (Å²) >= 11 is 0. The SMILES string of the molecule is C[N+]1(CC(=O)N(S(=O)(=O)C(F)(F)F)S(=O)(=O)C(F)(F)F)CCCC1. The average Bonchev–Trinajstić information content (AvgIpc) is 2.71. The number of hydrogen-bond acceptors (Lipinski definition) is 5. The van der Waals surface area contributed by atoms with Crippen molar-refractivity contribution < 1.29 is 52.5 Å². The predicted molar refractivity (Wildman–Crippen MR) is 66.8 cm³/mol. The third-order valence-electron chi connectivity index (χ3n) is 3.39. The van der Waals surface area contributed by atoms with Gasteiger partial charge in [0, 0.05) is 12.8 Å². The number of nitrogens with zero attached hydrogens (tertiary/aromatic N) is 2. The molecule has 7 nitrogen and oxygen atoms in total. The van der Waals surface area contributed by atoms with E-state index in [-0.39, 0.29) is 17.6 Å². The number of quaternary nitrogens is 1. The van der Waals surface area contributed by atoms with Gasteiger partial charge < -0.3 is 4.48 Å². The lowest BCUT2D eigenvalue weighted by molar-refractivity contribution is -0.889. The second kappa shape index (κ2) is 6.01. The zero-order valence-corrected chi connectivity index (χ0v) is 13.7. The minimum Gasteiger partial charge on any atom is -0.318 e. The van der Waals surface area contributed by atoms with E-state index >= 15 is 0 Å². The van der Waals surface area contributed by atoms with Gasteiger partial charge in [-0.1, -0.05) is 0 Å². The van der Waals surface area contributed by atoms with E-state index in [2.05, 4.69) is 0 Å². The lowest BCUT2D eigenvalue weighted by Gasteiger charge is -2.31. The topological polar surface area (TPSA) is 88.6 Å². The van der Waals surface area contributed by atoms with Crippen LogP contribution >= 0.6 is 0 Å². The molecule has 0 aromatic carbocycles. The molecule has 0 N–H and O–H groups in total. The molecule has 0 aromatic heterocycles. The van der Waals surface area contributed by atoms with Crippen molar-refractivity contribution in [3.8, 4) is 0 Å². The molecular formula is C9H13F6N2O5S2+. The van der Waals surface area contributed by atoms with Gasteiger partial charge in [0.2, 0.25) is 0 Å². The maximum Gasteiger partial charge on any atom is 0.517 e. The molecule has 0 atom stereocenters. The Hall–Kier alpha value is -1.09. The number of alkyl halides is 6. The van der Waals surface area contributed by atoms with Crippen LogP contribution in [0.25, 0.3) is 0 Å². The molecule has 0 unspecified atom stereocenters. The third kappa shape index (κ3) is 3.77. The summed E-state index contributed by atoms with van der Waals surface area (Å²) in [6, 6.07) is 0. The second-order valence-corrected chi connectivity index (χ2v) is 9.21. The van der Waals surface area contributed by atoms with E-state index in [9.17, 15) is 48.0 Å². The number of likely N-dealkylation sites (tertiary alicyclic amines) is 1. The molecule has 1 saturated heterocycles. The van der Waals surface area contributed by atoms with Crippen LogP contribution in [0.1, 0.15) is 12.8 Å². The van der Waals surface area contributed by atoms with Gasteiger partial charge in [-0.15, -0.1) is 3.71 Å². The summed E-state index contributed by atoms with van der Waals surface area (Å²) in [6.07, 6.45) is 1.00. The van der Waals surface area contributed by atoms with Gasteiger partial charge in [-0.05, 0) is 0 Å². The van der Waals surface area contributed by atoms with Crippen molar-refractivity contribution in [3.63, 3.8) is 0 Å². The highest BCUT2D eigenvalue weighted by Gasteiger charge is 2.64. The lowest BCUT2D eigenvalue weighted by atomic mass is 10.4. The molecule has 0 saturated carbocycles. The molecule has 15 heteroatoms. The van der Waals surface area contributed by atoms with E-state index in [0.29, 0.717) is 12.8 Å². The quantitative estimate of drug-likeness (QED) is 0.507. The first kappa shape index (κ1) is 21.0. The number of likely N-dealkylation sites (N-methyl/N-ethyl adjacent to an activating group) is 1. The Balaban J connectivity index is 3.43. The fraction of sp³-hybridized carbons (Fsp3) is 0.889. The number of amides is 1. The summed E-state index contributed by atoms with van der Waals surface area (Å²) in [7, 11) is -12.9. The first-order valence-electron chi connectivity index (χ1n) is 6.25. The molecule has 24 heavy (non-hydrogen) atoms. The average molecular weight is 407 g/mol. The smallest absolute Gasteiger partial charge is 0.318 e. The Bertz CT molecular complexity index is 662. The predicted octanol–water partition coefficient (Wildman–Crippen LogP) is 0.755. The van der Waals surface area contributed by atoms with Crippen molar-refractivity contribution in [1.82, 2.24) is 3.71 Å². The van der Waals surface area contributed by atoms with E-state index in [4.69, 9.17) is 0 Å². The van der Waals surface area contributed by atoms with Crippen molar-refractivity contribution in [2.75, 3.05) is 26.7 Å². The first-order valence-corrected chi connectivity index (χ1v) is 9.13. The van der Waals surface area contributed by atoms with Crippen LogP contribution in [0.15, 0.2) is 0 Å². The highest BCUT2D eigenvalue weighted by atomic mass is 32.3. The molecule has 0 bridgehead atoms. The van der Waals surface area contributed by atoms with Gasteiger partial charge in [0.15, 0.2) is 6.54 Å². The van der Waals surface area contributed by atoms with Gasteiger partial charge in [-0.3, -0.25) is 4.79 Å². The fourth-order valence-corrected chi connectivity index (χ4v) is 4.79. The highest BCUT2D eigenvalue weighted by Crippen LogP contribution is 2.35. The van der Waals surface area contributed by atoms with Crippen LogP contribution in [0.2, 0.25) is 0 Å². The van der Waals surface area contributed by atoms with Crippen LogP contribution < -0.4 is 0 Å². The molecule has 1 amide bonds. The molecule has 0 aliphatic carbocycles. The fourth-order valence-electron chi connectivity index (χ4n) is 2.23. The van der Waals surface area contributed by atoms with Crippen LogP contribution in [0.3, 0.4) is 0 Å². The van der Waals surface area contributed by atoms with Crippen LogP contribution in [0.5, 0.6) is 0 Å². The number of halogens is 6. The first-order chi connectivity index (χ1) is 10.5. The van der Waals surface area contributed by atoms with Crippen LogP contribution in [-0.2, 0) is 24.8 Å². The van der Waals surface area contributed by atoms with Gasteiger partial charge in [0.05, 0.1) is 20.1 Å². The number of carbonyl (C=O) groups is 1. The largest absolute Gasteiger partial charge is 0.517 e. The van der Waals surface area contributed by atoms with Gasteiger partial charge in [0.25, 0.3) is 0 Å². The Morgan fingerprint density at radius 2 is 1.25 bits per heavy atom. The number of sulfonamides is 2. The molecule has 0 spiro atoms. The van der Waals surface area contributed by atoms with Gasteiger partial charge in [-0.25, -0.2) is 0 Å². The van der Waals surface area contributed by atoms with Crippen molar-refractivity contribution in [2.24, 2.45) is 0 Å². The standard InChI is InChI=1S/C9H13F6N2O5S2/c1-17(4-2-3-5-17)6-7(18)16(23(19,20)8(10,11)12)24(21,22)9(13,14)15/h2-6H2,1H3/q+1. The minimum absolute atomic E-state index is 0.178. The van der Waals surface area contributed by atoms with Gasteiger partial charge in [0.1, 0.15) is 0 Å². The zero-order valence-electron chi connectivity index (χ0n) is 12.1. The molecule has 1 fully saturated rings. The molecule has 0 radical (unpaired) electrons. The molecule has 1 heterocycles. The molecule has 0 aromatic rings. The highest BCUT2D eigenvalue weighted by molar-refractivity contribution is 8.05. The summed E-state index contributed by atoms with van der Waals surface area (Å²) in [4.78, 5) is 11.8. The van der Waals surface area contributed by atoms with Gasteiger partial charge in [-0.2, -0.15) is 43.2 Å². The number of hydrogen-bond donors (Lipinski definition) is 0. The lowest BCUT2D eigenvalue weighted by Crippen LogP contribution is -2.57. The van der Waals surface area contributed by atoms with E-state index in [1.807, 2.05) is 0 Å². The van der Waals surface area contributed by atoms with Crippen molar-refractivity contribution in [3.05, 3.63) is 0 Å². The Kier molecular flexibility index (Phi) is 5.25. The number of carbonyl (C=O) groups excluding carboxylic acids is 1. The summed E-state index contributed by atoms with van der Waals surface area (Å²) in [5.74, 6) is -2.31. The Morgan fingerprint density at radius 3 is 1.54 bits per heavy atom. The summed E-state index contributed by atoms with van der Waals surface area (Å²) < 4.78 is 118. The van der Waals surface area contributed by atoms with Crippen LogP contribution in [0.4, 0.5) is 26.3 Å². The van der Waals surface area contributed by atoms with Gasteiger partial charge >= 0.3 is 37.0 Å². The molecule has 1 aliphatic heterocycles. The monoisotopic (exact) mass is 407 g/mol. The summed E-state index contributed by atoms with van der Waals surface area (Å²) in [5, 5.41) is 0. The molecular weight excluding hydrogens is 394 g/mol. The Labute approximate surface area is 133 Å². The Morgan fingerprint density at radius 1 is 0.917 bits per heavy atom. The van der Waals surface area contributed by atoms with Crippen LogP contribution in [-0.4, -0.2) is 68.6 Å². The van der Waals surface area contributed by atoms with E-state index in [1.165, 1.54) is 7.05 Å². The maximum absolute atomic E-state index is 12.6. The van der Waals surface area contributed by atoms with E-state index in [1.54, 1.807) is 0 Å². The van der Waals surface area contributed by atoms with Crippen molar-refractivity contribution in [1.29, 1.82) is 0 Å². The minimum atomic E-state index is -7.08. The maximum atomic E-state index is 12.6. The molecule has 1 rings (SSSR count). The number of rotatable bonds is 4. The third-order valence-corrected chi connectivity index (χ3v) is 7.02. The van der Waals surface area contributed by atoms with Crippen LogP contribution in [0, 0.1) is 0 Å². The normalized spacial score (nSPS) is 19.3.